The van der Waals surface area contributed by atoms with Crippen molar-refractivity contribution in [3.8, 4) is 0 Å². The number of nitrogens with zero attached hydrogens (tertiary/aromatic N) is 2. The van der Waals surface area contributed by atoms with Gasteiger partial charge < -0.3 is 10.3 Å². The maximum absolute atomic E-state index is 6.12. The van der Waals surface area contributed by atoms with Gasteiger partial charge >= 0.3 is 0 Å². The van der Waals surface area contributed by atoms with Gasteiger partial charge in [0.2, 0.25) is 5.95 Å². The van der Waals surface area contributed by atoms with Gasteiger partial charge in [0.25, 0.3) is 0 Å². The van der Waals surface area contributed by atoms with Crippen LogP contribution in [-0.4, -0.2) is 9.55 Å². The van der Waals surface area contributed by atoms with Gasteiger partial charge in [-0.15, -0.1) is 0 Å². The van der Waals surface area contributed by atoms with Crippen molar-refractivity contribution in [2.24, 2.45) is 0 Å². The number of hydrogen-bond donors (Lipinski definition) is 1. The minimum absolute atomic E-state index is 0.457. The molecule has 1 heterocycles. The Balaban J connectivity index is 2.07. The number of para-hydroxylation sites is 1. The quantitative estimate of drug-likeness (QED) is 0.776. The van der Waals surface area contributed by atoms with Crippen LogP contribution in [0, 0.1) is 0 Å². The lowest BCUT2D eigenvalue weighted by Gasteiger charge is -2.06. The maximum Gasteiger partial charge on any atom is 0.201 e. The van der Waals surface area contributed by atoms with Crippen LogP contribution < -0.4 is 5.73 Å². The molecule has 0 amide bonds. The van der Waals surface area contributed by atoms with Gasteiger partial charge in [0.05, 0.1) is 17.1 Å². The molecule has 0 bridgehead atoms. The molecule has 0 aliphatic heterocycles. The van der Waals surface area contributed by atoms with Crippen LogP contribution >= 0.6 is 23.2 Å². The molecule has 0 atom stereocenters. The molecule has 2 N–H and O–H groups in total. The van der Waals surface area contributed by atoms with Gasteiger partial charge in [0.1, 0.15) is 5.52 Å². The molecule has 3 rings (SSSR count). The summed E-state index contributed by atoms with van der Waals surface area (Å²) < 4.78 is 1.93. The number of nitrogens with two attached hydrogens (primary N) is 1. The number of imidazole rings is 1. The minimum atomic E-state index is 0.457. The highest BCUT2D eigenvalue weighted by Crippen LogP contribution is 2.25. The second-order valence-corrected chi connectivity index (χ2v) is 5.13. The van der Waals surface area contributed by atoms with Crippen LogP contribution in [0.1, 0.15) is 5.56 Å². The predicted octanol–water partition coefficient (Wildman–Crippen LogP) is 3.97. The zero-order valence-corrected chi connectivity index (χ0v) is 11.5. The fourth-order valence-electron chi connectivity index (χ4n) is 2.07. The van der Waals surface area contributed by atoms with E-state index < -0.39 is 0 Å². The summed E-state index contributed by atoms with van der Waals surface area (Å²) >= 11 is 12.0. The third kappa shape index (κ3) is 2.27. The van der Waals surface area contributed by atoms with Crippen molar-refractivity contribution in [1.82, 2.24) is 9.55 Å². The zero-order chi connectivity index (χ0) is 13.4. The van der Waals surface area contributed by atoms with Crippen LogP contribution in [-0.2, 0) is 6.54 Å². The van der Waals surface area contributed by atoms with Crippen LogP contribution in [0.25, 0.3) is 11.0 Å². The Morgan fingerprint density at radius 3 is 2.53 bits per heavy atom. The summed E-state index contributed by atoms with van der Waals surface area (Å²) in [6, 6.07) is 13.3. The molecule has 0 spiro atoms. The van der Waals surface area contributed by atoms with E-state index in [0.29, 0.717) is 17.5 Å². The first-order valence-electron chi connectivity index (χ1n) is 5.80. The molecule has 0 unspecified atom stereocenters. The predicted molar refractivity (Wildman–Crippen MR) is 79.7 cm³/mol. The monoisotopic (exact) mass is 291 g/mol. The van der Waals surface area contributed by atoms with Crippen LogP contribution in [0.2, 0.25) is 10.0 Å². The van der Waals surface area contributed by atoms with Crippen LogP contribution in [0.3, 0.4) is 0 Å². The van der Waals surface area contributed by atoms with E-state index in [1.54, 1.807) is 0 Å². The molecule has 1 aromatic heterocycles. The van der Waals surface area contributed by atoms with E-state index in [4.69, 9.17) is 28.9 Å². The van der Waals surface area contributed by atoms with Gasteiger partial charge in [-0.2, -0.15) is 0 Å². The van der Waals surface area contributed by atoms with E-state index in [-0.39, 0.29) is 0 Å². The Morgan fingerprint density at radius 2 is 1.79 bits per heavy atom. The smallest absolute Gasteiger partial charge is 0.201 e. The van der Waals surface area contributed by atoms with E-state index in [0.717, 1.165) is 21.6 Å². The Kier molecular flexibility index (Phi) is 3.09. The van der Waals surface area contributed by atoms with E-state index in [1.165, 1.54) is 0 Å². The van der Waals surface area contributed by atoms with Gasteiger partial charge in [-0.1, -0.05) is 41.4 Å². The molecule has 0 fully saturated rings. The number of hydrogen-bond acceptors (Lipinski definition) is 2. The molecular formula is C14H11Cl2N3. The van der Waals surface area contributed by atoms with Crippen molar-refractivity contribution in [1.29, 1.82) is 0 Å². The molecule has 3 nitrogen and oxygen atoms in total. The summed E-state index contributed by atoms with van der Waals surface area (Å²) in [5, 5.41) is 1.33. The molecule has 3 aromatic rings. The van der Waals surface area contributed by atoms with Gasteiger partial charge in [0.15, 0.2) is 0 Å². The number of rotatable bonds is 2. The first kappa shape index (κ1) is 12.3. The summed E-state index contributed by atoms with van der Waals surface area (Å²) in [4.78, 5) is 4.31. The lowest BCUT2D eigenvalue weighted by molar-refractivity contribution is 0.838. The topological polar surface area (TPSA) is 43.8 Å². The highest BCUT2D eigenvalue weighted by atomic mass is 35.5. The largest absolute Gasteiger partial charge is 0.369 e. The third-order valence-electron chi connectivity index (χ3n) is 3.01. The maximum atomic E-state index is 6.12. The summed E-state index contributed by atoms with van der Waals surface area (Å²) in [5.74, 6) is 0.457. The van der Waals surface area contributed by atoms with Crippen molar-refractivity contribution >= 4 is 40.2 Å². The third-order valence-corrected chi connectivity index (χ3v) is 3.57. The van der Waals surface area contributed by atoms with Crippen molar-refractivity contribution in [2.75, 3.05) is 5.73 Å². The van der Waals surface area contributed by atoms with Crippen molar-refractivity contribution < 1.29 is 0 Å². The van der Waals surface area contributed by atoms with Crippen LogP contribution in [0.4, 0.5) is 5.95 Å². The van der Waals surface area contributed by atoms with Gasteiger partial charge in [-0.25, -0.2) is 4.98 Å². The molecule has 0 radical (unpaired) electrons. The molecule has 0 aliphatic carbocycles. The minimum Gasteiger partial charge on any atom is -0.369 e. The fourth-order valence-corrected chi connectivity index (χ4v) is 2.41. The Bertz CT molecular complexity index is 732. The van der Waals surface area contributed by atoms with E-state index >= 15 is 0 Å². The number of anilines is 1. The molecule has 0 saturated carbocycles. The Labute approximate surface area is 120 Å². The van der Waals surface area contributed by atoms with E-state index in [9.17, 15) is 0 Å². The summed E-state index contributed by atoms with van der Waals surface area (Å²) in [5.41, 5.74) is 8.74. The normalized spacial score (nSPS) is 11.1. The summed E-state index contributed by atoms with van der Waals surface area (Å²) in [6.45, 7) is 0.639. The van der Waals surface area contributed by atoms with Gasteiger partial charge in [0, 0.05) is 5.02 Å². The fraction of sp³-hybridized carbons (Fsp3) is 0.0714. The molecule has 19 heavy (non-hydrogen) atoms. The lowest BCUT2D eigenvalue weighted by atomic mass is 10.2. The standard InChI is InChI=1S/C14H11Cl2N3/c15-10-6-4-9(5-7-10)8-19-12-3-1-2-11(16)13(12)18-14(19)17/h1-7H,8H2,(H2,17,18). The lowest BCUT2D eigenvalue weighted by Crippen LogP contribution is -2.04. The summed E-state index contributed by atoms with van der Waals surface area (Å²) in [7, 11) is 0. The summed E-state index contributed by atoms with van der Waals surface area (Å²) in [6.07, 6.45) is 0. The highest BCUT2D eigenvalue weighted by Gasteiger charge is 2.10. The average molecular weight is 292 g/mol. The second-order valence-electron chi connectivity index (χ2n) is 4.29. The number of fused-ring (bicyclic) bond motifs is 1. The molecule has 0 saturated heterocycles. The SMILES string of the molecule is Nc1nc2c(Cl)cccc2n1Cc1ccc(Cl)cc1. The highest BCUT2D eigenvalue weighted by molar-refractivity contribution is 6.35. The van der Waals surface area contributed by atoms with Gasteiger partial charge in [-0.05, 0) is 29.8 Å². The Hall–Kier alpha value is -1.71. The number of halogens is 2. The number of nitrogen functional groups attached to an aromatic ring is 1. The first-order chi connectivity index (χ1) is 9.15. The first-order valence-corrected chi connectivity index (χ1v) is 6.55. The van der Waals surface area contributed by atoms with Crippen LogP contribution in [0.15, 0.2) is 42.5 Å². The molecule has 96 valence electrons. The average Bonchev–Trinajstić information content (AvgIpc) is 2.71. The van der Waals surface area contributed by atoms with E-state index in [1.807, 2.05) is 47.0 Å². The second kappa shape index (κ2) is 4.76. The molecular weight excluding hydrogens is 281 g/mol. The molecule has 0 aliphatic rings. The number of benzene rings is 2. The zero-order valence-electron chi connectivity index (χ0n) is 9.98. The molecule has 5 heteroatoms. The van der Waals surface area contributed by atoms with Crippen molar-refractivity contribution in [3.05, 3.63) is 58.1 Å². The van der Waals surface area contributed by atoms with E-state index in [2.05, 4.69) is 4.98 Å². The van der Waals surface area contributed by atoms with Crippen molar-refractivity contribution in [3.63, 3.8) is 0 Å². The van der Waals surface area contributed by atoms with Crippen LogP contribution in [0.5, 0.6) is 0 Å². The molecule has 2 aromatic carbocycles. The van der Waals surface area contributed by atoms with Crippen molar-refractivity contribution in [2.45, 2.75) is 6.54 Å². The Morgan fingerprint density at radius 1 is 1.05 bits per heavy atom. The number of aromatic nitrogens is 2. The van der Waals surface area contributed by atoms with Gasteiger partial charge in [-0.3, -0.25) is 0 Å².